The summed E-state index contributed by atoms with van der Waals surface area (Å²) < 4.78 is 32.5. The predicted octanol–water partition coefficient (Wildman–Crippen LogP) is 10.4. The predicted molar refractivity (Wildman–Crippen MR) is 210 cm³/mol. The lowest BCUT2D eigenvalue weighted by molar-refractivity contribution is -0.153. The first-order chi connectivity index (χ1) is 25.3. The topological polar surface area (TPSA) is 149 Å². The molecule has 0 aliphatic rings. The Balaban J connectivity index is 3.97. The van der Waals surface area contributed by atoms with Crippen LogP contribution in [0.1, 0.15) is 174 Å². The number of allylic oxidation sites excluding steroid dienone is 6. The molecule has 3 N–H and O–H groups in total. The van der Waals surface area contributed by atoms with E-state index in [1.807, 2.05) is 0 Å². The van der Waals surface area contributed by atoms with E-state index in [4.69, 9.17) is 18.5 Å². The number of carbonyl (C=O) groups excluding carboxylic acids is 2. The molecule has 0 saturated carbocycles. The minimum atomic E-state index is -4.64. The summed E-state index contributed by atoms with van der Waals surface area (Å²) >= 11 is 0. The molecule has 0 radical (unpaired) electrons. The van der Waals surface area contributed by atoms with E-state index in [9.17, 15) is 29.3 Å². The first kappa shape index (κ1) is 50.2. The number of aliphatic hydroxyl groups is 2. The summed E-state index contributed by atoms with van der Waals surface area (Å²) in [7, 11) is -4.64. The summed E-state index contributed by atoms with van der Waals surface area (Å²) in [4.78, 5) is 34.4. The summed E-state index contributed by atoms with van der Waals surface area (Å²) in [5.41, 5.74) is 0. The highest BCUT2D eigenvalue weighted by atomic mass is 31.2. The molecule has 0 aromatic carbocycles. The van der Waals surface area contributed by atoms with Crippen molar-refractivity contribution in [3.8, 4) is 0 Å². The van der Waals surface area contributed by atoms with Gasteiger partial charge < -0.3 is 24.6 Å². The van der Waals surface area contributed by atoms with Crippen LogP contribution in [0.4, 0.5) is 0 Å². The quantitative estimate of drug-likeness (QED) is 0.0240. The molecular formula is C41H75O10P. The molecule has 0 heterocycles. The number of rotatable bonds is 38. The third-order valence-electron chi connectivity index (χ3n) is 8.56. The number of ether oxygens (including phenoxy) is 2. The van der Waals surface area contributed by atoms with Crippen molar-refractivity contribution in [2.24, 2.45) is 0 Å². The molecule has 11 heteroatoms. The van der Waals surface area contributed by atoms with E-state index >= 15 is 0 Å². The molecule has 0 aliphatic heterocycles. The average Bonchev–Trinajstić information content (AvgIpc) is 3.13. The van der Waals surface area contributed by atoms with Crippen molar-refractivity contribution in [1.29, 1.82) is 0 Å². The van der Waals surface area contributed by atoms with E-state index in [1.54, 1.807) is 0 Å². The van der Waals surface area contributed by atoms with Gasteiger partial charge >= 0.3 is 19.8 Å². The second-order valence-electron chi connectivity index (χ2n) is 13.6. The molecule has 0 spiro atoms. The minimum Gasteiger partial charge on any atom is -0.457 e. The zero-order valence-electron chi connectivity index (χ0n) is 32.8. The van der Waals surface area contributed by atoms with E-state index in [-0.39, 0.29) is 12.8 Å². The number of aliphatic hydroxyl groups excluding tert-OH is 2. The van der Waals surface area contributed by atoms with E-state index < -0.39 is 58.4 Å². The van der Waals surface area contributed by atoms with Gasteiger partial charge in [0, 0.05) is 12.8 Å². The fourth-order valence-corrected chi connectivity index (χ4v) is 6.17. The third-order valence-corrected chi connectivity index (χ3v) is 9.51. The largest absolute Gasteiger partial charge is 0.472 e. The fourth-order valence-electron chi connectivity index (χ4n) is 5.38. The number of esters is 2. The fraction of sp³-hybridized carbons (Fsp3) is 0.805. The van der Waals surface area contributed by atoms with Crippen molar-refractivity contribution in [2.75, 3.05) is 26.4 Å². The summed E-state index contributed by atoms with van der Waals surface area (Å²) in [6, 6.07) is 0. The number of phosphoric ester groups is 1. The Morgan fingerprint density at radius 1 is 0.519 bits per heavy atom. The molecule has 0 aliphatic carbocycles. The Kier molecular flexibility index (Phi) is 36.2. The molecule has 52 heavy (non-hydrogen) atoms. The Morgan fingerprint density at radius 3 is 1.29 bits per heavy atom. The van der Waals surface area contributed by atoms with Crippen LogP contribution < -0.4 is 0 Å². The van der Waals surface area contributed by atoms with Crippen molar-refractivity contribution in [1.82, 2.24) is 0 Å². The number of hydrogen-bond acceptors (Lipinski definition) is 9. The van der Waals surface area contributed by atoms with Crippen LogP contribution in [0.5, 0.6) is 0 Å². The van der Waals surface area contributed by atoms with Gasteiger partial charge in [0.2, 0.25) is 0 Å². The highest BCUT2D eigenvalue weighted by Crippen LogP contribution is 2.43. The second-order valence-corrected chi connectivity index (χ2v) is 15.1. The van der Waals surface area contributed by atoms with E-state index in [1.165, 1.54) is 51.4 Å². The minimum absolute atomic E-state index is 0.175. The Morgan fingerprint density at radius 2 is 0.885 bits per heavy atom. The second kappa shape index (κ2) is 37.5. The molecule has 0 bridgehead atoms. The molecule has 0 fully saturated rings. The third kappa shape index (κ3) is 35.2. The van der Waals surface area contributed by atoms with Gasteiger partial charge in [-0.2, -0.15) is 0 Å². The molecule has 0 aromatic heterocycles. The lowest BCUT2D eigenvalue weighted by atomic mass is 10.1. The molecule has 0 amide bonds. The van der Waals surface area contributed by atoms with Gasteiger partial charge in [0.05, 0.1) is 26.4 Å². The first-order valence-electron chi connectivity index (χ1n) is 20.4. The number of hydrogen-bond donors (Lipinski definition) is 3. The standard InChI is InChI=1S/C41H75O10P/c1-3-5-7-9-11-13-15-17-18-19-21-23-25-27-29-31-33-41(45)51-39(35-43)37-49-52(46,47)48-36-38(34-42)50-40(44)32-30-28-26-24-22-20-16-14-12-10-8-6-4-2/h8,10,14,16,18-19,38-39,42-43H,3-7,9,11-13,15,17,20-37H2,1-2H3,(H,46,47)/b10-8-,16-14-,19-18-. The number of phosphoric acid groups is 1. The van der Waals surface area contributed by atoms with Gasteiger partial charge in [-0.3, -0.25) is 18.6 Å². The zero-order valence-corrected chi connectivity index (χ0v) is 33.7. The lowest BCUT2D eigenvalue weighted by Crippen LogP contribution is -2.28. The van der Waals surface area contributed by atoms with Crippen LogP contribution in [0.2, 0.25) is 0 Å². The molecule has 0 saturated heterocycles. The van der Waals surface area contributed by atoms with Gasteiger partial charge in [-0.1, -0.05) is 134 Å². The van der Waals surface area contributed by atoms with Crippen molar-refractivity contribution in [3.05, 3.63) is 36.5 Å². The SMILES string of the molecule is CCC/C=C\C/C=C\CCCCCCCC(=O)OC(CO)COP(=O)(O)OCC(CO)OC(=O)CCCCCCC/C=C\CCCCCCCCC. The zero-order chi connectivity index (χ0) is 38.4. The smallest absolute Gasteiger partial charge is 0.457 e. The monoisotopic (exact) mass is 759 g/mol. The van der Waals surface area contributed by atoms with Gasteiger partial charge in [0.25, 0.3) is 0 Å². The normalized spacial score (nSPS) is 14.3. The van der Waals surface area contributed by atoms with Gasteiger partial charge in [0.1, 0.15) is 12.2 Å². The Labute approximate surface area is 316 Å². The molecule has 3 unspecified atom stereocenters. The van der Waals surface area contributed by atoms with Gasteiger partial charge in [-0.25, -0.2) is 4.57 Å². The summed E-state index contributed by atoms with van der Waals surface area (Å²) in [6.07, 6.45) is 36.9. The van der Waals surface area contributed by atoms with Crippen LogP contribution in [0.3, 0.4) is 0 Å². The maximum atomic E-state index is 12.3. The van der Waals surface area contributed by atoms with Crippen molar-refractivity contribution in [3.63, 3.8) is 0 Å². The van der Waals surface area contributed by atoms with Crippen LogP contribution in [-0.2, 0) is 32.7 Å². The summed E-state index contributed by atoms with van der Waals surface area (Å²) in [5.74, 6) is -1.04. The average molecular weight is 759 g/mol. The molecule has 0 aromatic rings. The van der Waals surface area contributed by atoms with Crippen molar-refractivity contribution < 1.29 is 47.8 Å². The van der Waals surface area contributed by atoms with E-state index in [0.29, 0.717) is 12.8 Å². The van der Waals surface area contributed by atoms with Crippen molar-refractivity contribution >= 4 is 19.8 Å². The van der Waals surface area contributed by atoms with Crippen molar-refractivity contribution in [2.45, 2.75) is 187 Å². The molecule has 3 atom stereocenters. The Hall–Kier alpha value is -1.81. The lowest BCUT2D eigenvalue weighted by Gasteiger charge is -2.20. The molecule has 0 rings (SSSR count). The Bertz CT molecular complexity index is 967. The maximum absolute atomic E-state index is 12.3. The van der Waals surface area contributed by atoms with E-state index in [0.717, 1.165) is 83.5 Å². The highest BCUT2D eigenvalue weighted by Gasteiger charge is 2.27. The highest BCUT2D eigenvalue weighted by molar-refractivity contribution is 7.47. The van der Waals surface area contributed by atoms with Gasteiger partial charge in [-0.15, -0.1) is 0 Å². The number of carbonyl (C=O) groups is 2. The van der Waals surface area contributed by atoms with Crippen LogP contribution in [0.25, 0.3) is 0 Å². The van der Waals surface area contributed by atoms with Gasteiger partial charge in [-0.05, 0) is 64.2 Å². The van der Waals surface area contributed by atoms with E-state index in [2.05, 4.69) is 50.3 Å². The maximum Gasteiger partial charge on any atom is 0.472 e. The summed E-state index contributed by atoms with van der Waals surface area (Å²) in [5, 5.41) is 19.1. The molecule has 304 valence electrons. The van der Waals surface area contributed by atoms with Gasteiger partial charge in [0.15, 0.2) is 0 Å². The van der Waals surface area contributed by atoms with Crippen LogP contribution in [0.15, 0.2) is 36.5 Å². The number of unbranched alkanes of at least 4 members (excludes halogenated alkanes) is 18. The summed E-state index contributed by atoms with van der Waals surface area (Å²) in [6.45, 7) is 2.10. The first-order valence-corrected chi connectivity index (χ1v) is 21.9. The van der Waals surface area contributed by atoms with Crippen LogP contribution >= 0.6 is 7.82 Å². The van der Waals surface area contributed by atoms with Crippen LogP contribution in [0, 0.1) is 0 Å². The molecular weight excluding hydrogens is 683 g/mol. The molecule has 10 nitrogen and oxygen atoms in total. The van der Waals surface area contributed by atoms with Crippen LogP contribution in [-0.4, -0.2) is 65.7 Å².